The van der Waals surface area contributed by atoms with Gasteiger partial charge in [0.25, 0.3) is 5.91 Å². The molecule has 0 radical (unpaired) electrons. The normalized spacial score (nSPS) is 13.2. The SMILES string of the molecule is O=C(COc1ccc2c(c1)CCCC2)NCCc1ccccc1F. The minimum absolute atomic E-state index is 0.0178. The molecule has 0 unspecified atom stereocenters. The van der Waals surface area contributed by atoms with E-state index in [4.69, 9.17) is 4.74 Å². The molecule has 1 N–H and O–H groups in total. The van der Waals surface area contributed by atoms with Gasteiger partial charge in [-0.25, -0.2) is 4.39 Å². The van der Waals surface area contributed by atoms with E-state index in [0.717, 1.165) is 18.6 Å². The molecule has 2 aromatic carbocycles. The summed E-state index contributed by atoms with van der Waals surface area (Å²) in [4.78, 5) is 11.9. The predicted molar refractivity (Wildman–Crippen MR) is 91.7 cm³/mol. The van der Waals surface area contributed by atoms with Gasteiger partial charge in [0.1, 0.15) is 11.6 Å². The molecule has 24 heavy (non-hydrogen) atoms. The first kappa shape index (κ1) is 16.5. The molecule has 3 rings (SSSR count). The largest absolute Gasteiger partial charge is 0.484 e. The van der Waals surface area contributed by atoms with Gasteiger partial charge in [0.05, 0.1) is 0 Å². The lowest BCUT2D eigenvalue weighted by atomic mass is 9.92. The zero-order chi connectivity index (χ0) is 16.8. The van der Waals surface area contributed by atoms with Crippen molar-refractivity contribution in [1.29, 1.82) is 0 Å². The van der Waals surface area contributed by atoms with Crippen LogP contribution in [0.5, 0.6) is 5.75 Å². The van der Waals surface area contributed by atoms with Gasteiger partial charge in [-0.2, -0.15) is 0 Å². The van der Waals surface area contributed by atoms with E-state index in [9.17, 15) is 9.18 Å². The Morgan fingerprint density at radius 3 is 2.71 bits per heavy atom. The Morgan fingerprint density at radius 1 is 1.08 bits per heavy atom. The molecule has 0 spiro atoms. The first-order chi connectivity index (χ1) is 11.7. The molecule has 0 heterocycles. The lowest BCUT2D eigenvalue weighted by Gasteiger charge is -2.16. The van der Waals surface area contributed by atoms with E-state index >= 15 is 0 Å². The highest BCUT2D eigenvalue weighted by atomic mass is 19.1. The van der Waals surface area contributed by atoms with Crippen LogP contribution in [0.4, 0.5) is 4.39 Å². The van der Waals surface area contributed by atoms with Crippen LogP contribution in [-0.4, -0.2) is 19.1 Å². The van der Waals surface area contributed by atoms with Gasteiger partial charge in [0.15, 0.2) is 6.61 Å². The summed E-state index contributed by atoms with van der Waals surface area (Å²) in [5.74, 6) is 0.307. The molecule has 3 nitrogen and oxygen atoms in total. The molecular formula is C20H22FNO2. The van der Waals surface area contributed by atoms with Gasteiger partial charge in [-0.3, -0.25) is 4.79 Å². The van der Waals surface area contributed by atoms with Gasteiger partial charge in [0.2, 0.25) is 0 Å². The zero-order valence-electron chi connectivity index (χ0n) is 13.7. The number of carbonyl (C=O) groups is 1. The summed E-state index contributed by atoms with van der Waals surface area (Å²) in [6.07, 6.45) is 5.15. The van der Waals surface area contributed by atoms with Crippen LogP contribution in [0.1, 0.15) is 29.5 Å². The topological polar surface area (TPSA) is 38.3 Å². The molecule has 0 saturated carbocycles. The number of fused-ring (bicyclic) bond motifs is 1. The molecule has 1 aliphatic carbocycles. The van der Waals surface area contributed by atoms with Crippen LogP contribution in [-0.2, 0) is 24.1 Å². The summed E-state index contributed by atoms with van der Waals surface area (Å²) < 4.78 is 19.1. The van der Waals surface area contributed by atoms with Gasteiger partial charge in [-0.05, 0) is 67.0 Å². The third kappa shape index (κ3) is 4.34. The second-order valence-corrected chi connectivity index (χ2v) is 6.12. The van der Waals surface area contributed by atoms with E-state index in [0.29, 0.717) is 18.5 Å². The van der Waals surface area contributed by atoms with Crippen molar-refractivity contribution in [2.45, 2.75) is 32.1 Å². The molecule has 0 aliphatic heterocycles. The fourth-order valence-electron chi connectivity index (χ4n) is 3.04. The van der Waals surface area contributed by atoms with Gasteiger partial charge in [-0.15, -0.1) is 0 Å². The van der Waals surface area contributed by atoms with E-state index in [2.05, 4.69) is 11.4 Å². The number of halogens is 1. The molecule has 1 aliphatic rings. The highest BCUT2D eigenvalue weighted by Crippen LogP contribution is 2.25. The maximum Gasteiger partial charge on any atom is 0.257 e. The summed E-state index contributed by atoms with van der Waals surface area (Å²) >= 11 is 0. The van der Waals surface area contributed by atoms with Crippen molar-refractivity contribution in [3.63, 3.8) is 0 Å². The third-order valence-corrected chi connectivity index (χ3v) is 4.36. The maximum absolute atomic E-state index is 13.5. The standard InChI is InChI=1S/C20H22FNO2/c21-19-8-4-3-6-16(19)11-12-22-20(23)14-24-18-10-9-15-5-1-2-7-17(15)13-18/h3-4,6,8-10,13H,1-2,5,7,11-12,14H2,(H,22,23). The Bertz CT molecular complexity index is 715. The Kier molecular flexibility index (Phi) is 5.47. The van der Waals surface area contributed by atoms with Crippen LogP contribution in [0.2, 0.25) is 0 Å². The quantitative estimate of drug-likeness (QED) is 0.882. The molecule has 0 atom stereocenters. The van der Waals surface area contributed by atoms with Crippen LogP contribution >= 0.6 is 0 Å². The highest BCUT2D eigenvalue weighted by molar-refractivity contribution is 5.77. The molecule has 126 valence electrons. The molecule has 0 fully saturated rings. The second-order valence-electron chi connectivity index (χ2n) is 6.12. The Labute approximate surface area is 141 Å². The number of hydrogen-bond donors (Lipinski definition) is 1. The molecule has 0 aromatic heterocycles. The number of hydrogen-bond acceptors (Lipinski definition) is 2. The van der Waals surface area contributed by atoms with Crippen LogP contribution in [0.3, 0.4) is 0 Å². The van der Waals surface area contributed by atoms with Gasteiger partial charge in [0, 0.05) is 6.54 Å². The lowest BCUT2D eigenvalue weighted by molar-refractivity contribution is -0.123. The van der Waals surface area contributed by atoms with Crippen molar-refractivity contribution < 1.29 is 13.9 Å². The van der Waals surface area contributed by atoms with Gasteiger partial charge >= 0.3 is 0 Å². The number of benzene rings is 2. The van der Waals surface area contributed by atoms with Crippen molar-refractivity contribution >= 4 is 5.91 Å². The monoisotopic (exact) mass is 327 g/mol. The van der Waals surface area contributed by atoms with E-state index < -0.39 is 0 Å². The summed E-state index contributed by atoms with van der Waals surface area (Å²) in [7, 11) is 0. The molecule has 2 aromatic rings. The molecule has 4 heteroatoms. The number of ether oxygens (including phenoxy) is 1. The number of nitrogens with one attached hydrogen (secondary N) is 1. The number of rotatable bonds is 6. The summed E-state index contributed by atoms with van der Waals surface area (Å²) in [6.45, 7) is 0.378. The smallest absolute Gasteiger partial charge is 0.257 e. The second kappa shape index (κ2) is 7.95. The van der Waals surface area contributed by atoms with Crippen LogP contribution in [0.25, 0.3) is 0 Å². The third-order valence-electron chi connectivity index (χ3n) is 4.36. The van der Waals surface area contributed by atoms with Crippen molar-refractivity contribution in [2.75, 3.05) is 13.2 Å². The van der Waals surface area contributed by atoms with Crippen molar-refractivity contribution in [3.8, 4) is 5.75 Å². The average molecular weight is 327 g/mol. The molecular weight excluding hydrogens is 305 g/mol. The Morgan fingerprint density at radius 2 is 1.88 bits per heavy atom. The molecule has 1 amide bonds. The van der Waals surface area contributed by atoms with Crippen LogP contribution < -0.4 is 10.1 Å². The van der Waals surface area contributed by atoms with Gasteiger partial charge < -0.3 is 10.1 Å². The van der Waals surface area contributed by atoms with E-state index in [-0.39, 0.29) is 18.3 Å². The summed E-state index contributed by atoms with van der Waals surface area (Å²) in [5, 5.41) is 2.76. The zero-order valence-corrected chi connectivity index (χ0v) is 13.7. The Balaban J connectivity index is 1.43. The minimum atomic E-state index is -0.239. The molecule has 0 bridgehead atoms. The van der Waals surface area contributed by atoms with Crippen LogP contribution in [0.15, 0.2) is 42.5 Å². The van der Waals surface area contributed by atoms with E-state index in [1.54, 1.807) is 18.2 Å². The fourth-order valence-corrected chi connectivity index (χ4v) is 3.04. The van der Waals surface area contributed by atoms with E-state index in [1.165, 1.54) is 30.0 Å². The van der Waals surface area contributed by atoms with Crippen molar-refractivity contribution in [1.82, 2.24) is 5.32 Å². The summed E-state index contributed by atoms with van der Waals surface area (Å²) in [6, 6.07) is 12.7. The predicted octanol–water partition coefficient (Wildman–Crippen LogP) is 3.44. The maximum atomic E-state index is 13.5. The fraction of sp³-hybridized carbons (Fsp3) is 0.350. The Hall–Kier alpha value is -2.36. The van der Waals surface area contributed by atoms with Gasteiger partial charge in [-0.1, -0.05) is 24.3 Å². The summed E-state index contributed by atoms with van der Waals surface area (Å²) in [5.41, 5.74) is 3.33. The van der Waals surface area contributed by atoms with Crippen LogP contribution in [0, 0.1) is 5.82 Å². The van der Waals surface area contributed by atoms with Crippen molar-refractivity contribution in [2.24, 2.45) is 0 Å². The highest BCUT2D eigenvalue weighted by Gasteiger charge is 2.10. The molecule has 0 saturated heterocycles. The van der Waals surface area contributed by atoms with Crippen molar-refractivity contribution in [3.05, 3.63) is 65.0 Å². The lowest BCUT2D eigenvalue weighted by Crippen LogP contribution is -2.30. The first-order valence-electron chi connectivity index (χ1n) is 8.47. The number of amides is 1. The average Bonchev–Trinajstić information content (AvgIpc) is 2.61. The first-order valence-corrected chi connectivity index (χ1v) is 8.47. The number of carbonyl (C=O) groups excluding carboxylic acids is 1. The van der Waals surface area contributed by atoms with E-state index in [1.807, 2.05) is 12.1 Å². The minimum Gasteiger partial charge on any atom is -0.484 e. The number of aryl methyl sites for hydroxylation is 2.